The van der Waals surface area contributed by atoms with E-state index >= 15 is 0 Å². The Morgan fingerprint density at radius 1 is 1.65 bits per heavy atom. The highest BCUT2D eigenvalue weighted by Gasteiger charge is 2.38. The Kier molecular flexibility index (Phi) is 7.32. The van der Waals surface area contributed by atoms with Crippen molar-refractivity contribution in [3.05, 3.63) is 9.66 Å². The first-order valence-corrected chi connectivity index (χ1v) is 7.94. The van der Waals surface area contributed by atoms with E-state index in [4.69, 9.17) is 10.3 Å². The molecule has 0 saturated carbocycles. The Morgan fingerprint density at radius 2 is 2.30 bits per heavy atom. The smallest absolute Gasteiger partial charge is 0.217 e. The number of hydrogen-bond acceptors (Lipinski definition) is 4. The summed E-state index contributed by atoms with van der Waals surface area (Å²) in [5, 5.41) is 6.82. The molecule has 1 rings (SSSR count). The minimum atomic E-state index is -0.263. The van der Waals surface area contributed by atoms with E-state index in [2.05, 4.69) is 51.8 Å². The van der Waals surface area contributed by atoms with Crippen molar-refractivity contribution in [2.24, 2.45) is 5.11 Å². The van der Waals surface area contributed by atoms with Gasteiger partial charge < -0.3 is 10.1 Å². The van der Waals surface area contributed by atoms with Crippen LogP contribution in [-0.2, 0) is 9.53 Å². The maximum atomic E-state index is 11.4. The fourth-order valence-electron chi connectivity index (χ4n) is 2.32. The van der Waals surface area contributed by atoms with Crippen molar-refractivity contribution < 1.29 is 9.53 Å². The number of carbonyl (C=O) groups is 1. The molecule has 0 aromatic carbocycles. The third kappa shape index (κ3) is 4.96. The average molecular weight is 393 g/mol. The van der Waals surface area contributed by atoms with Crippen LogP contribution in [0.5, 0.6) is 0 Å². The van der Waals surface area contributed by atoms with Crippen LogP contribution >= 0.6 is 22.6 Å². The van der Waals surface area contributed by atoms with Gasteiger partial charge in [-0.3, -0.25) is 4.79 Å². The fourth-order valence-corrected chi connectivity index (χ4v) is 3.13. The summed E-state index contributed by atoms with van der Waals surface area (Å²) in [5.74, 6) is -0.122. The molecule has 0 bridgehead atoms. The molecule has 1 aliphatic carbocycles. The van der Waals surface area contributed by atoms with E-state index in [1.807, 2.05) is 6.08 Å². The third-order valence-corrected chi connectivity index (χ3v) is 4.15. The molecule has 112 valence electrons. The lowest BCUT2D eigenvalue weighted by molar-refractivity contribution is -0.121. The van der Waals surface area contributed by atoms with Crippen LogP contribution in [0.25, 0.3) is 0 Å². The minimum absolute atomic E-state index is 0.122. The molecule has 3 atom stereocenters. The summed E-state index contributed by atoms with van der Waals surface area (Å²) in [6, 6.07) is -0.506. The summed E-state index contributed by atoms with van der Waals surface area (Å²) < 4.78 is 7.21. The highest BCUT2D eigenvalue weighted by molar-refractivity contribution is 14.1. The average Bonchev–Trinajstić information content (AvgIpc) is 2.39. The van der Waals surface area contributed by atoms with E-state index < -0.39 is 0 Å². The number of rotatable bonds is 6. The molecule has 6 nitrogen and oxygen atoms in total. The minimum Gasteiger partial charge on any atom is -0.369 e. The largest absolute Gasteiger partial charge is 0.369 e. The zero-order chi connectivity index (χ0) is 15.1. The van der Waals surface area contributed by atoms with Gasteiger partial charge in [0.15, 0.2) is 6.04 Å². The first-order chi connectivity index (χ1) is 9.51. The van der Waals surface area contributed by atoms with Gasteiger partial charge in [-0.25, -0.2) is 0 Å². The van der Waals surface area contributed by atoms with Crippen molar-refractivity contribution in [1.29, 1.82) is 5.53 Å². The number of nitrogens with zero attached hydrogens (tertiary/aromatic N) is 2. The summed E-state index contributed by atoms with van der Waals surface area (Å²) in [6.45, 7) is 5.65. The van der Waals surface area contributed by atoms with Gasteiger partial charge in [-0.2, -0.15) is 0 Å². The van der Waals surface area contributed by atoms with E-state index in [0.717, 1.165) is 16.4 Å². The molecule has 0 radical (unpaired) electrons. The fraction of sp³-hybridized carbons (Fsp3) is 0.769. The molecule has 1 aliphatic rings. The summed E-state index contributed by atoms with van der Waals surface area (Å²) in [7, 11) is 0. The number of halogens is 1. The quantitative estimate of drug-likeness (QED) is 0.413. The van der Waals surface area contributed by atoms with Crippen LogP contribution in [0.3, 0.4) is 0 Å². The zero-order valence-corrected chi connectivity index (χ0v) is 14.3. The third-order valence-electron chi connectivity index (χ3n) is 3.35. The molecule has 1 amide bonds. The topological polar surface area (TPSA) is 88.6 Å². The Labute approximate surface area is 133 Å². The van der Waals surface area contributed by atoms with Gasteiger partial charge in [0.2, 0.25) is 10.8 Å². The number of nitrogens with one attached hydrogen (secondary N) is 2. The lowest BCUT2D eigenvalue weighted by Gasteiger charge is -2.33. The van der Waals surface area contributed by atoms with Crippen LogP contribution in [0.1, 0.15) is 40.0 Å². The molecular formula is C13H22IN4O2+. The van der Waals surface area contributed by atoms with Crippen LogP contribution in [0.2, 0.25) is 0 Å². The van der Waals surface area contributed by atoms with Crippen molar-refractivity contribution in [2.75, 3.05) is 0 Å². The van der Waals surface area contributed by atoms with Crippen LogP contribution in [0.4, 0.5) is 0 Å². The van der Waals surface area contributed by atoms with Gasteiger partial charge >= 0.3 is 0 Å². The van der Waals surface area contributed by atoms with Gasteiger partial charge in [0.1, 0.15) is 10.6 Å². The molecule has 0 fully saturated rings. The number of ether oxygens (including phenoxy) is 1. The summed E-state index contributed by atoms with van der Waals surface area (Å²) in [6.07, 6.45) is 4.50. The summed E-state index contributed by atoms with van der Waals surface area (Å²) in [4.78, 5) is 14.5. The number of carbonyl (C=O) groups excluding carboxylic acids is 1. The predicted molar refractivity (Wildman–Crippen MR) is 84.6 cm³/mol. The van der Waals surface area contributed by atoms with E-state index in [9.17, 15) is 4.79 Å². The van der Waals surface area contributed by atoms with E-state index in [0.29, 0.717) is 6.42 Å². The maximum Gasteiger partial charge on any atom is 0.217 e. The molecule has 0 unspecified atom stereocenters. The van der Waals surface area contributed by atoms with E-state index in [1.54, 1.807) is 0 Å². The molecule has 0 aliphatic heterocycles. The highest BCUT2D eigenvalue weighted by atomic mass is 127. The molecule has 7 heteroatoms. The molecule has 0 aromatic rings. The molecule has 0 spiro atoms. The lowest BCUT2D eigenvalue weighted by Crippen LogP contribution is -2.52. The van der Waals surface area contributed by atoms with E-state index in [-0.39, 0.29) is 30.2 Å². The van der Waals surface area contributed by atoms with Crippen molar-refractivity contribution in [2.45, 2.75) is 64.3 Å². The van der Waals surface area contributed by atoms with E-state index in [1.165, 1.54) is 6.92 Å². The number of amides is 1. The monoisotopic (exact) mass is 393 g/mol. The summed E-state index contributed by atoms with van der Waals surface area (Å²) in [5.41, 5.74) is 6.94. The van der Waals surface area contributed by atoms with Gasteiger partial charge in [0.25, 0.3) is 0 Å². The molecular weight excluding hydrogens is 371 g/mol. The first kappa shape index (κ1) is 17.3. The Hall–Kier alpha value is -0.790. The standard InChI is InChI=1S/C13H21IN4O2/c1-4-10(5-2)20-12-7-9(14)6-11(17-18-15)13(12)16-8(3)19/h7,10-13,15H,4-6H2,1-3H3/p+1/t11-,12+,13+/m0/s1. The highest BCUT2D eigenvalue weighted by Crippen LogP contribution is 2.29. The Bertz CT molecular complexity index is 417. The maximum absolute atomic E-state index is 11.4. The second-order valence-electron chi connectivity index (χ2n) is 4.87. The van der Waals surface area contributed by atoms with Gasteiger partial charge in [-0.05, 0) is 45.1 Å². The second-order valence-corrected chi connectivity index (χ2v) is 6.25. The lowest BCUT2D eigenvalue weighted by atomic mass is 9.93. The van der Waals surface area contributed by atoms with Gasteiger partial charge in [0.05, 0.1) is 18.2 Å². The van der Waals surface area contributed by atoms with Crippen LogP contribution in [0, 0.1) is 5.53 Å². The normalized spacial score (nSPS) is 25.9. The predicted octanol–water partition coefficient (Wildman–Crippen LogP) is 2.71. The van der Waals surface area contributed by atoms with Crippen molar-refractivity contribution in [3.63, 3.8) is 0 Å². The van der Waals surface area contributed by atoms with Gasteiger partial charge in [-0.15, -0.1) is 0 Å². The second kappa shape index (κ2) is 8.49. The van der Waals surface area contributed by atoms with Crippen molar-refractivity contribution >= 4 is 28.5 Å². The van der Waals surface area contributed by atoms with Crippen molar-refractivity contribution in [1.82, 2.24) is 10.2 Å². The molecule has 0 heterocycles. The summed E-state index contributed by atoms with van der Waals surface area (Å²) >= 11 is 2.25. The first-order valence-electron chi connectivity index (χ1n) is 6.87. The van der Waals surface area contributed by atoms with Gasteiger partial charge in [-0.1, -0.05) is 13.8 Å². The SMILES string of the molecule is CCC(CC)O[C@@H]1C=C(I)C[C@H](N=[N+]=N)[C@H]1NC(C)=O. The molecule has 2 N–H and O–H groups in total. The zero-order valence-electron chi connectivity index (χ0n) is 12.1. The van der Waals surface area contributed by atoms with Crippen LogP contribution in [-0.4, -0.2) is 30.2 Å². The number of hydrogen-bond donors (Lipinski definition) is 2. The molecule has 0 aromatic heterocycles. The Morgan fingerprint density at radius 3 is 2.80 bits per heavy atom. The Balaban J connectivity index is 2.97. The van der Waals surface area contributed by atoms with Crippen LogP contribution < -0.4 is 10.2 Å². The van der Waals surface area contributed by atoms with Crippen molar-refractivity contribution in [3.8, 4) is 0 Å². The molecule has 20 heavy (non-hydrogen) atoms. The molecule has 0 saturated heterocycles. The van der Waals surface area contributed by atoms with Gasteiger partial charge in [0, 0.05) is 13.3 Å². The van der Waals surface area contributed by atoms with Crippen LogP contribution in [0.15, 0.2) is 14.8 Å².